The molecule has 2 nitrogen and oxygen atoms in total. The molecule has 15 heavy (non-hydrogen) atoms. The maximum Gasteiger partial charge on any atom is 0.132 e. The van der Waals surface area contributed by atoms with Crippen LogP contribution in [0.3, 0.4) is 0 Å². The number of hydrogen-bond donors (Lipinski definition) is 1. The molecule has 1 heterocycles. The van der Waals surface area contributed by atoms with Gasteiger partial charge < -0.3 is 5.73 Å². The summed E-state index contributed by atoms with van der Waals surface area (Å²) < 4.78 is 0. The third-order valence-electron chi connectivity index (χ3n) is 2.50. The van der Waals surface area contributed by atoms with Crippen LogP contribution in [0.15, 0.2) is 17.3 Å². The molecule has 0 aliphatic carbocycles. The van der Waals surface area contributed by atoms with Crippen molar-refractivity contribution in [2.24, 2.45) is 10.7 Å². The van der Waals surface area contributed by atoms with E-state index in [2.05, 4.69) is 32.3 Å². The monoisotopic (exact) mass is 222 g/mol. The number of nitrogens with two attached hydrogens (primary N) is 1. The fourth-order valence-electron chi connectivity index (χ4n) is 1.48. The fourth-order valence-corrected chi connectivity index (χ4v) is 2.55. The number of aryl methyl sites for hydroxylation is 2. The summed E-state index contributed by atoms with van der Waals surface area (Å²) in [5.41, 5.74) is 9.14. The summed E-state index contributed by atoms with van der Waals surface area (Å²) in [6.45, 7) is 12.1. The van der Waals surface area contributed by atoms with E-state index in [1.54, 1.807) is 11.3 Å². The molecule has 1 rings (SSSR count). The molecule has 0 radical (unpaired) electrons. The molecule has 0 aliphatic heterocycles. The molecule has 0 atom stereocenters. The smallest absolute Gasteiger partial charge is 0.132 e. The van der Waals surface area contributed by atoms with Crippen LogP contribution >= 0.6 is 11.3 Å². The molecule has 0 spiro atoms. The Morgan fingerprint density at radius 3 is 2.33 bits per heavy atom. The Morgan fingerprint density at radius 2 is 1.93 bits per heavy atom. The molecule has 0 unspecified atom stereocenters. The molecule has 0 saturated carbocycles. The summed E-state index contributed by atoms with van der Waals surface area (Å²) in [7, 11) is 0. The number of aliphatic imine (C=N–C) groups is 1. The van der Waals surface area contributed by atoms with E-state index < -0.39 is 0 Å². The van der Waals surface area contributed by atoms with Gasteiger partial charge in [-0.15, -0.1) is 11.3 Å². The molecule has 0 saturated heterocycles. The number of amidine groups is 1. The lowest BCUT2D eigenvalue weighted by Crippen LogP contribution is -2.15. The third-order valence-corrected chi connectivity index (χ3v) is 3.63. The van der Waals surface area contributed by atoms with Crippen LogP contribution in [0.4, 0.5) is 0 Å². The number of allylic oxidation sites excluding steroid dienone is 1. The Labute approximate surface area is 95.5 Å². The van der Waals surface area contributed by atoms with E-state index in [0.717, 1.165) is 17.7 Å². The topological polar surface area (TPSA) is 38.4 Å². The average molecular weight is 222 g/mol. The van der Waals surface area contributed by atoms with Crippen LogP contribution in [-0.2, 0) is 0 Å². The van der Waals surface area contributed by atoms with Crippen molar-refractivity contribution in [1.82, 2.24) is 0 Å². The van der Waals surface area contributed by atoms with Crippen LogP contribution in [-0.4, -0.2) is 5.84 Å². The van der Waals surface area contributed by atoms with Crippen molar-refractivity contribution in [2.75, 3.05) is 0 Å². The van der Waals surface area contributed by atoms with Crippen LogP contribution in [0.2, 0.25) is 0 Å². The highest BCUT2D eigenvalue weighted by molar-refractivity contribution is 7.12. The normalized spacial score (nSPS) is 11.9. The molecule has 1 aromatic heterocycles. The minimum atomic E-state index is 0.598. The Hall–Kier alpha value is -1.09. The fraction of sp³-hybridized carbons (Fsp3) is 0.417. The second-order valence-electron chi connectivity index (χ2n) is 3.63. The molecule has 0 amide bonds. The SMILES string of the molecule is C=C(CC)/N=C(/N)c1c(C)sc(C)c1C. The van der Waals surface area contributed by atoms with E-state index in [0.29, 0.717) is 5.84 Å². The zero-order valence-electron chi connectivity index (χ0n) is 9.85. The average Bonchev–Trinajstić information content (AvgIpc) is 2.41. The molecular weight excluding hydrogens is 204 g/mol. The maximum atomic E-state index is 5.98. The maximum absolute atomic E-state index is 5.98. The first kappa shape index (κ1) is 12.0. The second kappa shape index (κ2) is 4.62. The molecule has 2 N–H and O–H groups in total. The van der Waals surface area contributed by atoms with Crippen molar-refractivity contribution < 1.29 is 0 Å². The highest BCUT2D eigenvalue weighted by Gasteiger charge is 2.12. The first-order chi connectivity index (χ1) is 6.97. The van der Waals surface area contributed by atoms with Crippen molar-refractivity contribution in [3.05, 3.63) is 33.2 Å². The van der Waals surface area contributed by atoms with Crippen LogP contribution in [0.5, 0.6) is 0 Å². The van der Waals surface area contributed by atoms with Crippen molar-refractivity contribution in [1.29, 1.82) is 0 Å². The van der Waals surface area contributed by atoms with Crippen LogP contribution in [0.25, 0.3) is 0 Å². The molecular formula is C12H18N2S. The highest BCUT2D eigenvalue weighted by Crippen LogP contribution is 2.26. The molecule has 0 aromatic carbocycles. The van der Waals surface area contributed by atoms with Crippen LogP contribution in [0.1, 0.15) is 34.2 Å². The van der Waals surface area contributed by atoms with Gasteiger partial charge in [-0.25, -0.2) is 4.99 Å². The standard InChI is InChI=1S/C12H18N2S/c1-6-7(2)14-12(13)11-8(3)9(4)15-10(11)5/h2,6H2,1,3-5H3,(H2,13,14). The van der Waals surface area contributed by atoms with Gasteiger partial charge in [0.1, 0.15) is 5.84 Å². The predicted molar refractivity (Wildman–Crippen MR) is 68.7 cm³/mol. The van der Waals surface area contributed by atoms with Crippen molar-refractivity contribution in [2.45, 2.75) is 34.1 Å². The van der Waals surface area contributed by atoms with E-state index in [9.17, 15) is 0 Å². The van der Waals surface area contributed by atoms with Gasteiger partial charge in [0.15, 0.2) is 0 Å². The highest BCUT2D eigenvalue weighted by atomic mass is 32.1. The van der Waals surface area contributed by atoms with E-state index in [4.69, 9.17) is 5.73 Å². The second-order valence-corrected chi connectivity index (χ2v) is 5.06. The molecule has 3 heteroatoms. The van der Waals surface area contributed by atoms with Gasteiger partial charge in [-0.3, -0.25) is 0 Å². The van der Waals surface area contributed by atoms with Crippen molar-refractivity contribution in [3.63, 3.8) is 0 Å². The Balaban J connectivity index is 3.16. The van der Waals surface area contributed by atoms with Gasteiger partial charge in [-0.05, 0) is 32.8 Å². The molecule has 82 valence electrons. The van der Waals surface area contributed by atoms with E-state index in [1.165, 1.54) is 15.3 Å². The summed E-state index contributed by atoms with van der Waals surface area (Å²) in [6.07, 6.45) is 0.835. The van der Waals surface area contributed by atoms with Crippen LogP contribution in [0, 0.1) is 20.8 Å². The largest absolute Gasteiger partial charge is 0.383 e. The molecule has 0 aliphatic rings. The van der Waals surface area contributed by atoms with Gasteiger partial charge >= 0.3 is 0 Å². The lowest BCUT2D eigenvalue weighted by atomic mass is 10.1. The minimum absolute atomic E-state index is 0.598. The summed E-state index contributed by atoms with van der Waals surface area (Å²) >= 11 is 1.77. The lowest BCUT2D eigenvalue weighted by Gasteiger charge is -2.03. The van der Waals surface area contributed by atoms with Gasteiger partial charge in [0.2, 0.25) is 0 Å². The minimum Gasteiger partial charge on any atom is -0.383 e. The zero-order valence-corrected chi connectivity index (χ0v) is 10.7. The van der Waals surface area contributed by atoms with Crippen molar-refractivity contribution >= 4 is 17.2 Å². The number of rotatable bonds is 3. The summed E-state index contributed by atoms with van der Waals surface area (Å²) in [5.74, 6) is 0.598. The number of hydrogen-bond acceptors (Lipinski definition) is 2. The molecule has 0 bridgehead atoms. The van der Waals surface area contributed by atoms with E-state index in [1.807, 2.05) is 6.92 Å². The number of thiophene rings is 1. The lowest BCUT2D eigenvalue weighted by molar-refractivity contribution is 1.07. The third kappa shape index (κ3) is 2.48. The van der Waals surface area contributed by atoms with Crippen LogP contribution < -0.4 is 5.73 Å². The van der Waals surface area contributed by atoms with Gasteiger partial charge in [-0.1, -0.05) is 13.5 Å². The Kier molecular flexibility index (Phi) is 3.69. The van der Waals surface area contributed by atoms with E-state index >= 15 is 0 Å². The Bertz CT molecular complexity index is 414. The zero-order chi connectivity index (χ0) is 11.6. The van der Waals surface area contributed by atoms with Gasteiger partial charge in [0.25, 0.3) is 0 Å². The Morgan fingerprint density at radius 1 is 1.33 bits per heavy atom. The quantitative estimate of drug-likeness (QED) is 0.618. The van der Waals surface area contributed by atoms with Gasteiger partial charge in [-0.2, -0.15) is 0 Å². The summed E-state index contributed by atoms with van der Waals surface area (Å²) in [4.78, 5) is 6.85. The van der Waals surface area contributed by atoms with Gasteiger partial charge in [0, 0.05) is 21.0 Å². The number of nitrogens with zero attached hydrogens (tertiary/aromatic N) is 1. The molecule has 1 aromatic rings. The van der Waals surface area contributed by atoms with Crippen molar-refractivity contribution in [3.8, 4) is 0 Å². The van der Waals surface area contributed by atoms with Gasteiger partial charge in [0.05, 0.1) is 0 Å². The molecule has 0 fully saturated rings. The summed E-state index contributed by atoms with van der Waals surface area (Å²) in [5, 5.41) is 0. The first-order valence-electron chi connectivity index (χ1n) is 5.06. The predicted octanol–water partition coefficient (Wildman–Crippen LogP) is 3.30. The first-order valence-corrected chi connectivity index (χ1v) is 5.87. The van der Waals surface area contributed by atoms with E-state index in [-0.39, 0.29) is 0 Å². The summed E-state index contributed by atoms with van der Waals surface area (Å²) in [6, 6.07) is 0.